The van der Waals surface area contributed by atoms with Gasteiger partial charge in [-0.1, -0.05) is 23.2 Å². The van der Waals surface area contributed by atoms with Crippen LogP contribution in [0.25, 0.3) is 10.1 Å². The van der Waals surface area contributed by atoms with Crippen LogP contribution >= 0.6 is 34.5 Å². The molecule has 2 rings (SSSR count). The van der Waals surface area contributed by atoms with Crippen LogP contribution in [0.15, 0.2) is 17.5 Å². The van der Waals surface area contributed by atoms with Crippen LogP contribution in [0.1, 0.15) is 10.4 Å². The van der Waals surface area contributed by atoms with Crippen LogP contribution in [0.4, 0.5) is 0 Å². The second kappa shape index (κ2) is 3.42. The lowest BCUT2D eigenvalue weighted by molar-refractivity contribution is 0.0697. The van der Waals surface area contributed by atoms with Crippen molar-refractivity contribution in [1.29, 1.82) is 0 Å². The Labute approximate surface area is 93.7 Å². The summed E-state index contributed by atoms with van der Waals surface area (Å²) in [5.74, 6) is -1.06. The van der Waals surface area contributed by atoms with Crippen molar-refractivity contribution in [3.63, 3.8) is 0 Å². The van der Waals surface area contributed by atoms with Gasteiger partial charge in [0.1, 0.15) is 0 Å². The Morgan fingerprint density at radius 2 is 2.07 bits per heavy atom. The molecule has 0 atom stereocenters. The minimum atomic E-state index is -1.06. The average molecular weight is 247 g/mol. The summed E-state index contributed by atoms with van der Waals surface area (Å²) < 4.78 is 0.830. The molecule has 2 nitrogen and oxygen atoms in total. The summed E-state index contributed by atoms with van der Waals surface area (Å²) >= 11 is 13.2. The summed E-state index contributed by atoms with van der Waals surface area (Å²) in [6.07, 6.45) is 0. The van der Waals surface area contributed by atoms with Gasteiger partial charge in [-0.05, 0) is 17.5 Å². The monoisotopic (exact) mass is 246 g/mol. The Bertz CT molecular complexity index is 519. The molecule has 0 aliphatic carbocycles. The van der Waals surface area contributed by atoms with E-state index >= 15 is 0 Å². The molecule has 0 saturated heterocycles. The highest BCUT2D eigenvalue weighted by molar-refractivity contribution is 7.17. The van der Waals surface area contributed by atoms with E-state index in [4.69, 9.17) is 28.3 Å². The normalized spacial score (nSPS) is 10.7. The summed E-state index contributed by atoms with van der Waals surface area (Å²) in [5, 5.41) is 11.9. The van der Waals surface area contributed by atoms with E-state index in [1.54, 1.807) is 0 Å². The van der Waals surface area contributed by atoms with Gasteiger partial charge < -0.3 is 5.11 Å². The van der Waals surface area contributed by atoms with E-state index in [2.05, 4.69) is 0 Å². The molecule has 0 radical (unpaired) electrons. The topological polar surface area (TPSA) is 37.3 Å². The van der Waals surface area contributed by atoms with E-state index < -0.39 is 5.97 Å². The molecule has 0 amide bonds. The van der Waals surface area contributed by atoms with Gasteiger partial charge in [-0.3, -0.25) is 0 Å². The van der Waals surface area contributed by atoms with Crippen molar-refractivity contribution in [1.82, 2.24) is 0 Å². The van der Waals surface area contributed by atoms with Crippen LogP contribution in [0, 0.1) is 0 Å². The molecular formula is C9H4Cl2O2S. The Morgan fingerprint density at radius 1 is 1.36 bits per heavy atom. The molecule has 1 aromatic carbocycles. The molecule has 14 heavy (non-hydrogen) atoms. The molecule has 0 aliphatic heterocycles. The summed E-state index contributed by atoms with van der Waals surface area (Å²) in [6.45, 7) is 0. The number of carboxylic acid groups (broad SMARTS) is 1. The van der Waals surface area contributed by atoms with Gasteiger partial charge in [-0.25, -0.2) is 4.79 Å². The number of hydrogen-bond donors (Lipinski definition) is 1. The Morgan fingerprint density at radius 3 is 2.71 bits per heavy atom. The molecule has 1 aromatic heterocycles. The Hall–Kier alpha value is -0.770. The lowest BCUT2D eigenvalue weighted by atomic mass is 10.2. The molecule has 0 fully saturated rings. The third-order valence-electron chi connectivity index (χ3n) is 1.87. The molecule has 0 saturated carbocycles. The van der Waals surface area contributed by atoms with Gasteiger partial charge in [0, 0.05) is 10.1 Å². The minimum absolute atomic E-state index is 0.0478. The largest absolute Gasteiger partial charge is 0.478 e. The summed E-state index contributed by atoms with van der Waals surface area (Å²) in [5.41, 5.74) is 0.0478. The zero-order valence-corrected chi connectivity index (χ0v) is 9.08. The molecule has 0 unspecified atom stereocenters. The van der Waals surface area contributed by atoms with E-state index in [-0.39, 0.29) is 10.6 Å². The highest BCUT2D eigenvalue weighted by Crippen LogP contribution is 2.36. The second-order valence-electron chi connectivity index (χ2n) is 2.69. The SMILES string of the molecule is O=C(O)c1cc2sccc2c(Cl)c1Cl. The molecule has 2 aromatic rings. The fourth-order valence-corrected chi connectivity index (χ4v) is 2.59. The minimum Gasteiger partial charge on any atom is -0.478 e. The van der Waals surface area contributed by atoms with Crippen LogP contribution in [0.2, 0.25) is 10.0 Å². The van der Waals surface area contributed by atoms with Crippen molar-refractivity contribution in [3.8, 4) is 0 Å². The number of carboxylic acids is 1. The first-order valence-electron chi connectivity index (χ1n) is 3.69. The molecular weight excluding hydrogens is 243 g/mol. The number of carbonyl (C=O) groups is 1. The summed E-state index contributed by atoms with van der Waals surface area (Å²) in [4.78, 5) is 10.8. The number of fused-ring (bicyclic) bond motifs is 1. The van der Waals surface area contributed by atoms with Gasteiger partial charge in [0.25, 0.3) is 0 Å². The lowest BCUT2D eigenvalue weighted by Gasteiger charge is -2.02. The molecule has 0 aliphatic rings. The fourth-order valence-electron chi connectivity index (χ4n) is 1.20. The van der Waals surface area contributed by atoms with Crippen LogP contribution in [0.5, 0.6) is 0 Å². The number of benzene rings is 1. The van der Waals surface area contributed by atoms with Crippen molar-refractivity contribution in [2.75, 3.05) is 0 Å². The number of aromatic carboxylic acids is 1. The molecule has 5 heteroatoms. The van der Waals surface area contributed by atoms with E-state index in [1.807, 2.05) is 11.4 Å². The number of hydrogen-bond acceptors (Lipinski definition) is 2. The fraction of sp³-hybridized carbons (Fsp3) is 0. The number of halogens is 2. The first kappa shape index (κ1) is 9.77. The quantitative estimate of drug-likeness (QED) is 0.829. The Balaban J connectivity index is 2.87. The maximum Gasteiger partial charge on any atom is 0.337 e. The average Bonchev–Trinajstić information content (AvgIpc) is 2.58. The predicted octanol–water partition coefficient (Wildman–Crippen LogP) is 3.91. The van der Waals surface area contributed by atoms with E-state index in [0.717, 1.165) is 10.1 Å². The van der Waals surface area contributed by atoms with Gasteiger partial charge in [0.15, 0.2) is 0 Å². The standard InChI is InChI=1S/C9H4Cl2O2S/c10-7-4-1-2-14-6(4)3-5(8(7)11)9(12)13/h1-3H,(H,12,13). The van der Waals surface area contributed by atoms with Crippen molar-refractivity contribution in [2.24, 2.45) is 0 Å². The van der Waals surface area contributed by atoms with Gasteiger partial charge in [-0.15, -0.1) is 11.3 Å². The van der Waals surface area contributed by atoms with Gasteiger partial charge >= 0.3 is 5.97 Å². The van der Waals surface area contributed by atoms with Crippen molar-refractivity contribution < 1.29 is 9.90 Å². The maximum atomic E-state index is 10.8. The van der Waals surface area contributed by atoms with Crippen LogP contribution in [0.3, 0.4) is 0 Å². The van der Waals surface area contributed by atoms with E-state index in [9.17, 15) is 4.79 Å². The summed E-state index contributed by atoms with van der Waals surface area (Å²) in [7, 11) is 0. The highest BCUT2D eigenvalue weighted by Gasteiger charge is 2.15. The van der Waals surface area contributed by atoms with Crippen LogP contribution in [-0.2, 0) is 0 Å². The third kappa shape index (κ3) is 1.38. The van der Waals surface area contributed by atoms with Gasteiger partial charge in [0.2, 0.25) is 0 Å². The van der Waals surface area contributed by atoms with Crippen molar-refractivity contribution in [3.05, 3.63) is 33.1 Å². The first-order chi connectivity index (χ1) is 6.61. The molecule has 0 spiro atoms. The zero-order valence-electron chi connectivity index (χ0n) is 6.75. The van der Waals surface area contributed by atoms with Crippen molar-refractivity contribution >= 4 is 50.6 Å². The Kier molecular flexibility index (Phi) is 2.39. The number of thiophene rings is 1. The molecule has 0 bridgehead atoms. The van der Waals surface area contributed by atoms with E-state index in [1.165, 1.54) is 17.4 Å². The lowest BCUT2D eigenvalue weighted by Crippen LogP contribution is -1.97. The smallest absolute Gasteiger partial charge is 0.337 e. The first-order valence-corrected chi connectivity index (χ1v) is 5.33. The third-order valence-corrected chi connectivity index (χ3v) is 3.61. The predicted molar refractivity (Wildman–Crippen MR) is 58.8 cm³/mol. The van der Waals surface area contributed by atoms with Crippen molar-refractivity contribution in [2.45, 2.75) is 0 Å². The molecule has 72 valence electrons. The number of rotatable bonds is 1. The van der Waals surface area contributed by atoms with Gasteiger partial charge in [-0.2, -0.15) is 0 Å². The maximum absolute atomic E-state index is 10.8. The van der Waals surface area contributed by atoms with Crippen LogP contribution in [-0.4, -0.2) is 11.1 Å². The molecule has 1 N–H and O–H groups in total. The molecule has 1 heterocycles. The van der Waals surface area contributed by atoms with E-state index in [0.29, 0.717) is 5.02 Å². The summed E-state index contributed by atoms with van der Waals surface area (Å²) in [6, 6.07) is 3.36. The van der Waals surface area contributed by atoms with Crippen LogP contribution < -0.4 is 0 Å². The zero-order chi connectivity index (χ0) is 10.3. The highest BCUT2D eigenvalue weighted by atomic mass is 35.5. The van der Waals surface area contributed by atoms with Gasteiger partial charge in [0.05, 0.1) is 15.6 Å². The second-order valence-corrected chi connectivity index (χ2v) is 4.39.